The highest BCUT2D eigenvalue weighted by atomic mass is 32.2. The second-order valence-corrected chi connectivity index (χ2v) is 8.60. The van der Waals surface area contributed by atoms with Crippen molar-refractivity contribution in [1.82, 2.24) is 9.55 Å². The van der Waals surface area contributed by atoms with E-state index in [0.717, 1.165) is 28.5 Å². The van der Waals surface area contributed by atoms with Gasteiger partial charge in [0.25, 0.3) is 5.56 Å². The first kappa shape index (κ1) is 21.8. The highest BCUT2D eigenvalue weighted by Gasteiger charge is 2.16. The van der Waals surface area contributed by atoms with Crippen molar-refractivity contribution in [1.29, 1.82) is 0 Å². The highest BCUT2D eigenvalue weighted by molar-refractivity contribution is 7.99. The fourth-order valence-electron chi connectivity index (χ4n) is 3.52. The van der Waals surface area contributed by atoms with E-state index in [4.69, 9.17) is 0 Å². The molecule has 0 aliphatic carbocycles. The van der Waals surface area contributed by atoms with Gasteiger partial charge >= 0.3 is 0 Å². The summed E-state index contributed by atoms with van der Waals surface area (Å²) in [5.41, 5.74) is 3.98. The number of carbonyl (C=O) groups is 1. The summed E-state index contributed by atoms with van der Waals surface area (Å²) in [6.45, 7) is 5.70. The number of aryl methyl sites for hydroxylation is 3. The van der Waals surface area contributed by atoms with Gasteiger partial charge in [-0.2, -0.15) is 0 Å². The van der Waals surface area contributed by atoms with Crippen LogP contribution in [0.3, 0.4) is 0 Å². The number of halogens is 1. The van der Waals surface area contributed by atoms with Crippen LogP contribution in [-0.2, 0) is 4.79 Å². The minimum Gasteiger partial charge on any atom is -0.323 e. The van der Waals surface area contributed by atoms with Gasteiger partial charge in [0, 0.05) is 0 Å². The van der Waals surface area contributed by atoms with Crippen molar-refractivity contribution in [3.63, 3.8) is 0 Å². The molecule has 5 nitrogen and oxygen atoms in total. The van der Waals surface area contributed by atoms with Crippen molar-refractivity contribution in [2.75, 3.05) is 11.1 Å². The zero-order valence-electron chi connectivity index (χ0n) is 18.0. The second-order valence-electron chi connectivity index (χ2n) is 7.66. The van der Waals surface area contributed by atoms with E-state index in [1.165, 1.54) is 12.1 Å². The minimum absolute atomic E-state index is 0.0248. The van der Waals surface area contributed by atoms with Crippen LogP contribution in [0.5, 0.6) is 0 Å². The molecule has 0 unspecified atom stereocenters. The summed E-state index contributed by atoms with van der Waals surface area (Å²) < 4.78 is 15.6. The molecule has 4 aromatic rings. The normalized spacial score (nSPS) is 11.0. The van der Waals surface area contributed by atoms with Gasteiger partial charge in [0.15, 0.2) is 5.16 Å². The molecule has 0 aliphatic heterocycles. The van der Waals surface area contributed by atoms with E-state index in [2.05, 4.69) is 10.3 Å². The first-order valence-electron chi connectivity index (χ1n) is 10.1. The summed E-state index contributed by atoms with van der Waals surface area (Å²) in [6.07, 6.45) is 0. The van der Waals surface area contributed by atoms with E-state index in [1.54, 1.807) is 35.8 Å². The van der Waals surface area contributed by atoms with E-state index < -0.39 is 5.82 Å². The number of anilines is 1. The van der Waals surface area contributed by atoms with Crippen LogP contribution in [0.1, 0.15) is 16.7 Å². The zero-order valence-corrected chi connectivity index (χ0v) is 18.8. The first-order valence-corrected chi connectivity index (χ1v) is 11.1. The van der Waals surface area contributed by atoms with Gasteiger partial charge in [-0.3, -0.25) is 14.2 Å². The van der Waals surface area contributed by atoms with Crippen molar-refractivity contribution in [2.24, 2.45) is 0 Å². The lowest BCUT2D eigenvalue weighted by atomic mass is 10.1. The number of nitrogens with one attached hydrogen (secondary N) is 1. The molecule has 0 spiro atoms. The highest BCUT2D eigenvalue weighted by Crippen LogP contribution is 2.24. The Balaban J connectivity index is 1.69. The Morgan fingerprint density at radius 3 is 2.50 bits per heavy atom. The van der Waals surface area contributed by atoms with Gasteiger partial charge in [-0.1, -0.05) is 47.7 Å². The Bertz CT molecular complexity index is 1400. The largest absolute Gasteiger partial charge is 0.323 e. The molecule has 1 amide bonds. The summed E-state index contributed by atoms with van der Waals surface area (Å²) in [4.78, 5) is 30.5. The van der Waals surface area contributed by atoms with Gasteiger partial charge < -0.3 is 5.32 Å². The average Bonchev–Trinajstić information content (AvgIpc) is 2.75. The summed E-state index contributed by atoms with van der Waals surface area (Å²) >= 11 is 1.14. The fourth-order valence-corrected chi connectivity index (χ4v) is 4.32. The van der Waals surface area contributed by atoms with E-state index >= 15 is 0 Å². The van der Waals surface area contributed by atoms with Gasteiger partial charge in [-0.05, 0) is 62.2 Å². The molecule has 0 radical (unpaired) electrons. The van der Waals surface area contributed by atoms with Crippen LogP contribution < -0.4 is 10.9 Å². The van der Waals surface area contributed by atoms with Gasteiger partial charge in [-0.25, -0.2) is 9.37 Å². The standard InChI is InChI=1S/C25H22FN3O2S/c1-15-9-11-22(17(3)12-15)29-24(31)18-6-4-5-7-20(18)28-25(29)32-14-23(30)27-21-10-8-16(2)13-19(21)26/h4-13H,14H2,1-3H3,(H,27,30). The topological polar surface area (TPSA) is 64.0 Å². The SMILES string of the molecule is Cc1ccc(-n2c(SCC(=O)Nc3ccc(C)cc3F)nc3ccccc3c2=O)c(C)c1. The van der Waals surface area contributed by atoms with E-state index in [9.17, 15) is 14.0 Å². The van der Waals surface area contributed by atoms with Crippen LogP contribution in [0.25, 0.3) is 16.6 Å². The first-order chi connectivity index (χ1) is 15.3. The lowest BCUT2D eigenvalue weighted by Gasteiger charge is -2.15. The number of benzene rings is 3. The monoisotopic (exact) mass is 447 g/mol. The molecule has 0 atom stereocenters. The van der Waals surface area contributed by atoms with Crippen molar-refractivity contribution in [3.05, 3.63) is 93.5 Å². The summed E-state index contributed by atoms with van der Waals surface area (Å²) in [5, 5.41) is 3.49. The molecule has 4 rings (SSSR count). The smallest absolute Gasteiger partial charge is 0.266 e. The molecule has 1 N–H and O–H groups in total. The molecular weight excluding hydrogens is 425 g/mol. The minimum atomic E-state index is -0.487. The number of aromatic nitrogens is 2. The number of para-hydroxylation sites is 1. The van der Waals surface area contributed by atoms with Gasteiger partial charge in [-0.15, -0.1) is 0 Å². The Labute approximate surface area is 189 Å². The lowest BCUT2D eigenvalue weighted by molar-refractivity contribution is -0.113. The molecule has 3 aromatic carbocycles. The van der Waals surface area contributed by atoms with Crippen LogP contribution >= 0.6 is 11.8 Å². The quantitative estimate of drug-likeness (QED) is 0.338. The van der Waals surface area contributed by atoms with Crippen LogP contribution in [0.4, 0.5) is 10.1 Å². The third kappa shape index (κ3) is 4.43. The average molecular weight is 448 g/mol. The Morgan fingerprint density at radius 2 is 1.75 bits per heavy atom. The van der Waals surface area contributed by atoms with Crippen LogP contribution in [-0.4, -0.2) is 21.2 Å². The molecule has 0 aliphatic rings. The molecule has 32 heavy (non-hydrogen) atoms. The molecule has 0 saturated heterocycles. The molecule has 7 heteroatoms. The maximum absolute atomic E-state index is 14.1. The maximum Gasteiger partial charge on any atom is 0.266 e. The molecule has 162 valence electrons. The zero-order chi connectivity index (χ0) is 22.8. The fraction of sp³-hybridized carbons (Fsp3) is 0.160. The lowest BCUT2D eigenvalue weighted by Crippen LogP contribution is -2.23. The number of thioether (sulfide) groups is 1. The maximum atomic E-state index is 14.1. The van der Waals surface area contributed by atoms with Gasteiger partial charge in [0.2, 0.25) is 5.91 Å². The predicted molar refractivity (Wildman–Crippen MR) is 127 cm³/mol. The molecular formula is C25H22FN3O2S. The third-order valence-electron chi connectivity index (χ3n) is 5.07. The molecule has 0 saturated carbocycles. The number of hydrogen-bond acceptors (Lipinski definition) is 4. The summed E-state index contributed by atoms with van der Waals surface area (Å²) in [6, 6.07) is 17.6. The summed E-state index contributed by atoms with van der Waals surface area (Å²) in [5.74, 6) is -0.894. The number of nitrogens with zero attached hydrogens (tertiary/aromatic N) is 2. The third-order valence-corrected chi connectivity index (χ3v) is 6.01. The number of fused-ring (bicyclic) bond motifs is 1. The predicted octanol–water partition coefficient (Wildman–Crippen LogP) is 5.18. The Hall–Kier alpha value is -3.45. The van der Waals surface area contributed by atoms with Gasteiger partial charge in [0.05, 0.1) is 28.0 Å². The molecule has 1 aromatic heterocycles. The van der Waals surface area contributed by atoms with Crippen molar-refractivity contribution < 1.29 is 9.18 Å². The van der Waals surface area contributed by atoms with Crippen molar-refractivity contribution in [2.45, 2.75) is 25.9 Å². The Morgan fingerprint density at radius 1 is 1.03 bits per heavy atom. The number of rotatable bonds is 5. The van der Waals surface area contributed by atoms with Crippen LogP contribution in [0.15, 0.2) is 70.6 Å². The van der Waals surface area contributed by atoms with Crippen molar-refractivity contribution in [3.8, 4) is 5.69 Å². The van der Waals surface area contributed by atoms with Crippen LogP contribution in [0, 0.1) is 26.6 Å². The molecule has 0 fully saturated rings. The van der Waals surface area contributed by atoms with Crippen LogP contribution in [0.2, 0.25) is 0 Å². The number of carbonyl (C=O) groups excluding carboxylic acids is 1. The van der Waals surface area contributed by atoms with Crippen molar-refractivity contribution >= 4 is 34.3 Å². The number of hydrogen-bond donors (Lipinski definition) is 1. The second kappa shape index (κ2) is 8.96. The molecule has 1 heterocycles. The van der Waals surface area contributed by atoms with E-state index in [-0.39, 0.29) is 22.9 Å². The number of amides is 1. The summed E-state index contributed by atoms with van der Waals surface area (Å²) in [7, 11) is 0. The molecule has 0 bridgehead atoms. The van der Waals surface area contributed by atoms with Gasteiger partial charge in [0.1, 0.15) is 5.82 Å². The Kier molecular flexibility index (Phi) is 6.10. The van der Waals surface area contributed by atoms with E-state index in [0.29, 0.717) is 21.7 Å². The van der Waals surface area contributed by atoms with E-state index in [1.807, 2.05) is 38.1 Å².